The van der Waals surface area contributed by atoms with Crippen molar-refractivity contribution in [2.75, 3.05) is 18.1 Å². The van der Waals surface area contributed by atoms with Crippen molar-refractivity contribution >= 4 is 28.9 Å². The zero-order valence-electron chi connectivity index (χ0n) is 12.5. The number of aromatic amines is 1. The standard InChI is InChI=1S/C13H19N5O4S/c1-2-3-23-9-8(20)6(4-19)22-12(9)18-5-15-7-10(18)16-13(14)17-11(7)21/h5-6,8-9,12,19-20H,2-4H2,1H3,(H3,14,16,17,21)/t6-,8?,9?,12-/m1/s1. The lowest BCUT2D eigenvalue weighted by Gasteiger charge is -2.20. The Morgan fingerprint density at radius 1 is 1.57 bits per heavy atom. The van der Waals surface area contributed by atoms with E-state index in [2.05, 4.69) is 15.0 Å². The molecular formula is C13H19N5O4S. The highest BCUT2D eigenvalue weighted by atomic mass is 32.2. The average Bonchev–Trinajstić information content (AvgIpc) is 3.06. The Balaban J connectivity index is 2.03. The number of rotatable bonds is 5. The summed E-state index contributed by atoms with van der Waals surface area (Å²) in [6, 6.07) is 0. The van der Waals surface area contributed by atoms with Crippen molar-refractivity contribution in [3.05, 3.63) is 16.7 Å². The van der Waals surface area contributed by atoms with E-state index in [4.69, 9.17) is 10.5 Å². The predicted molar refractivity (Wildman–Crippen MR) is 86.1 cm³/mol. The SMILES string of the molecule is CCCSC1C(O)[C@@H](CO)O[C@H]1n1cnc2c(=O)[nH]c(N)nc21. The van der Waals surface area contributed by atoms with Crippen molar-refractivity contribution in [3.63, 3.8) is 0 Å². The van der Waals surface area contributed by atoms with E-state index in [1.807, 2.05) is 6.92 Å². The second-order valence-electron chi connectivity index (χ2n) is 5.35. The Morgan fingerprint density at radius 2 is 2.35 bits per heavy atom. The van der Waals surface area contributed by atoms with Gasteiger partial charge in [-0.1, -0.05) is 6.92 Å². The summed E-state index contributed by atoms with van der Waals surface area (Å²) in [6.45, 7) is 1.76. The first-order chi connectivity index (χ1) is 11.1. The highest BCUT2D eigenvalue weighted by Crippen LogP contribution is 2.38. The molecule has 0 bridgehead atoms. The van der Waals surface area contributed by atoms with Gasteiger partial charge in [0.05, 0.1) is 24.3 Å². The van der Waals surface area contributed by atoms with Gasteiger partial charge in [-0.15, -0.1) is 0 Å². The van der Waals surface area contributed by atoms with Crippen LogP contribution in [0.25, 0.3) is 11.2 Å². The highest BCUT2D eigenvalue weighted by Gasteiger charge is 2.45. The molecule has 0 spiro atoms. The predicted octanol–water partition coefficient (Wildman–Crippen LogP) is -0.536. The normalized spacial score (nSPS) is 27.8. The Bertz CT molecular complexity index is 748. The van der Waals surface area contributed by atoms with E-state index in [1.165, 1.54) is 6.33 Å². The summed E-state index contributed by atoms with van der Waals surface area (Å²) < 4.78 is 7.36. The van der Waals surface area contributed by atoms with Crippen molar-refractivity contribution in [2.45, 2.75) is 37.0 Å². The molecule has 1 aliphatic heterocycles. The number of nitrogens with zero attached hydrogens (tertiary/aromatic N) is 3. The van der Waals surface area contributed by atoms with E-state index < -0.39 is 24.0 Å². The molecule has 2 unspecified atom stereocenters. The fourth-order valence-corrected chi connectivity index (χ4v) is 3.90. The first kappa shape index (κ1) is 16.2. The van der Waals surface area contributed by atoms with Crippen molar-refractivity contribution in [2.24, 2.45) is 0 Å². The minimum absolute atomic E-state index is 0.0146. The second-order valence-corrected chi connectivity index (χ2v) is 6.63. The first-order valence-electron chi connectivity index (χ1n) is 7.35. The number of imidazole rings is 1. The summed E-state index contributed by atoms with van der Waals surface area (Å²) in [7, 11) is 0. The maximum Gasteiger partial charge on any atom is 0.280 e. The van der Waals surface area contributed by atoms with Gasteiger partial charge in [0.25, 0.3) is 5.56 Å². The molecule has 1 aliphatic rings. The molecular weight excluding hydrogens is 322 g/mol. The number of anilines is 1. The number of hydrogen-bond donors (Lipinski definition) is 4. The number of nitrogens with two attached hydrogens (primary N) is 1. The largest absolute Gasteiger partial charge is 0.394 e. The fourth-order valence-electron chi connectivity index (χ4n) is 2.66. The second kappa shape index (κ2) is 6.48. The van der Waals surface area contributed by atoms with E-state index in [0.717, 1.165) is 12.2 Å². The molecule has 0 radical (unpaired) electrons. The molecule has 0 aromatic carbocycles. The Hall–Kier alpha value is -1.62. The van der Waals surface area contributed by atoms with E-state index in [9.17, 15) is 15.0 Å². The van der Waals surface area contributed by atoms with E-state index in [1.54, 1.807) is 16.3 Å². The zero-order chi connectivity index (χ0) is 16.6. The third kappa shape index (κ3) is 2.82. The molecule has 3 rings (SSSR count). The minimum atomic E-state index is -0.821. The van der Waals surface area contributed by atoms with Gasteiger partial charge >= 0.3 is 0 Å². The maximum atomic E-state index is 11.9. The van der Waals surface area contributed by atoms with Crippen molar-refractivity contribution in [3.8, 4) is 0 Å². The van der Waals surface area contributed by atoms with Crippen LogP contribution < -0.4 is 11.3 Å². The van der Waals surface area contributed by atoms with Gasteiger partial charge in [0, 0.05) is 0 Å². The highest BCUT2D eigenvalue weighted by molar-refractivity contribution is 8.00. The molecule has 2 aromatic heterocycles. The van der Waals surface area contributed by atoms with Crippen LogP contribution in [0.4, 0.5) is 5.95 Å². The number of hydrogen-bond acceptors (Lipinski definition) is 8. The summed E-state index contributed by atoms with van der Waals surface area (Å²) in [5, 5.41) is 19.5. The van der Waals surface area contributed by atoms with Crippen LogP contribution in [0.15, 0.2) is 11.1 Å². The summed E-state index contributed by atoms with van der Waals surface area (Å²) >= 11 is 1.55. The molecule has 3 heterocycles. The molecule has 9 nitrogen and oxygen atoms in total. The monoisotopic (exact) mass is 341 g/mol. The third-order valence-corrected chi connectivity index (χ3v) is 5.27. The molecule has 23 heavy (non-hydrogen) atoms. The number of thioether (sulfide) groups is 1. The van der Waals surface area contributed by atoms with Crippen LogP contribution in [0.1, 0.15) is 19.6 Å². The van der Waals surface area contributed by atoms with Gasteiger partial charge in [-0.3, -0.25) is 14.3 Å². The van der Waals surface area contributed by atoms with Gasteiger partial charge in [-0.05, 0) is 12.2 Å². The lowest BCUT2D eigenvalue weighted by molar-refractivity contribution is -0.0430. The Labute approximate surface area is 135 Å². The summed E-state index contributed by atoms with van der Waals surface area (Å²) in [6.07, 6.45) is 0.296. The van der Waals surface area contributed by atoms with Crippen LogP contribution in [0, 0.1) is 0 Å². The molecule has 1 fully saturated rings. The van der Waals surface area contributed by atoms with Crippen molar-refractivity contribution < 1.29 is 14.9 Å². The van der Waals surface area contributed by atoms with Gasteiger partial charge in [0.15, 0.2) is 17.4 Å². The number of fused-ring (bicyclic) bond motifs is 1. The fraction of sp³-hybridized carbons (Fsp3) is 0.615. The third-order valence-electron chi connectivity index (χ3n) is 3.73. The van der Waals surface area contributed by atoms with E-state index >= 15 is 0 Å². The van der Waals surface area contributed by atoms with Gasteiger partial charge in [-0.2, -0.15) is 16.7 Å². The summed E-state index contributed by atoms with van der Waals surface area (Å²) in [5.74, 6) is 0.821. The number of ether oxygens (including phenoxy) is 1. The van der Waals surface area contributed by atoms with Crippen LogP contribution >= 0.6 is 11.8 Å². The molecule has 4 atom stereocenters. The van der Waals surface area contributed by atoms with Crippen LogP contribution in [-0.2, 0) is 4.74 Å². The number of nitrogens with one attached hydrogen (secondary N) is 1. The molecule has 1 saturated heterocycles. The number of aliphatic hydroxyl groups is 2. The molecule has 126 valence electrons. The molecule has 0 aliphatic carbocycles. The van der Waals surface area contributed by atoms with Crippen LogP contribution in [0.5, 0.6) is 0 Å². The van der Waals surface area contributed by atoms with E-state index in [0.29, 0.717) is 5.65 Å². The number of aliphatic hydroxyl groups excluding tert-OH is 2. The van der Waals surface area contributed by atoms with E-state index in [-0.39, 0.29) is 23.3 Å². The summed E-state index contributed by atoms with van der Waals surface area (Å²) in [4.78, 5) is 22.5. The molecule has 5 N–H and O–H groups in total. The summed E-state index contributed by atoms with van der Waals surface area (Å²) in [5.41, 5.74) is 5.63. The lowest BCUT2D eigenvalue weighted by atomic mass is 10.2. The minimum Gasteiger partial charge on any atom is -0.394 e. The van der Waals surface area contributed by atoms with Crippen LogP contribution in [0.2, 0.25) is 0 Å². The first-order valence-corrected chi connectivity index (χ1v) is 8.40. The van der Waals surface area contributed by atoms with Crippen LogP contribution in [-0.4, -0.2) is 59.5 Å². The molecule has 10 heteroatoms. The molecule has 0 amide bonds. The van der Waals surface area contributed by atoms with Gasteiger partial charge in [-0.25, -0.2) is 4.98 Å². The lowest BCUT2D eigenvalue weighted by Crippen LogP contribution is -2.31. The van der Waals surface area contributed by atoms with Gasteiger partial charge < -0.3 is 20.7 Å². The average molecular weight is 341 g/mol. The van der Waals surface area contributed by atoms with Crippen molar-refractivity contribution in [1.82, 2.24) is 19.5 Å². The smallest absolute Gasteiger partial charge is 0.280 e. The van der Waals surface area contributed by atoms with Gasteiger partial charge in [0.1, 0.15) is 6.10 Å². The number of nitrogen functional groups attached to an aromatic ring is 1. The maximum absolute atomic E-state index is 11.9. The number of aromatic nitrogens is 4. The topological polar surface area (TPSA) is 139 Å². The van der Waals surface area contributed by atoms with Crippen molar-refractivity contribution in [1.29, 1.82) is 0 Å². The van der Waals surface area contributed by atoms with Gasteiger partial charge in [0.2, 0.25) is 5.95 Å². The number of H-pyrrole nitrogens is 1. The molecule has 0 saturated carbocycles. The zero-order valence-corrected chi connectivity index (χ0v) is 13.4. The quantitative estimate of drug-likeness (QED) is 0.569. The Kier molecular flexibility index (Phi) is 4.57. The Morgan fingerprint density at radius 3 is 3.04 bits per heavy atom. The molecule has 2 aromatic rings. The van der Waals surface area contributed by atoms with Crippen LogP contribution in [0.3, 0.4) is 0 Å².